The fourth-order valence-electron chi connectivity index (χ4n) is 2.73. The predicted molar refractivity (Wildman–Crippen MR) is 78.2 cm³/mol. The first-order valence-corrected chi connectivity index (χ1v) is 7.10. The molecule has 20 heavy (non-hydrogen) atoms. The molecule has 1 aromatic heterocycles. The minimum Gasteiger partial charge on any atom is -0.340 e. The van der Waals surface area contributed by atoms with Crippen LogP contribution < -0.4 is 5.32 Å². The van der Waals surface area contributed by atoms with Crippen molar-refractivity contribution < 1.29 is 4.79 Å². The molecule has 1 amide bonds. The molecular weight excluding hydrogens is 254 g/mol. The van der Waals surface area contributed by atoms with E-state index in [1.54, 1.807) is 9.58 Å². The lowest BCUT2D eigenvalue weighted by molar-refractivity contribution is -0.142. The average Bonchev–Trinajstić information content (AvgIpc) is 2.84. The third kappa shape index (κ3) is 3.19. The summed E-state index contributed by atoms with van der Waals surface area (Å²) in [6.07, 6.45) is 3.75. The molecule has 1 fully saturated rings. The normalized spacial score (nSPS) is 17.2. The van der Waals surface area contributed by atoms with Crippen LogP contribution in [0, 0.1) is 0 Å². The van der Waals surface area contributed by atoms with E-state index in [1.807, 2.05) is 40.3 Å². The van der Waals surface area contributed by atoms with E-state index in [-0.39, 0.29) is 5.91 Å². The second kappa shape index (κ2) is 5.93. The molecule has 0 spiro atoms. The Hall–Kier alpha value is -1.40. The summed E-state index contributed by atoms with van der Waals surface area (Å²) in [5.41, 5.74) is 0.596. The molecule has 6 nitrogen and oxygen atoms in total. The molecule has 0 atom stereocenters. The van der Waals surface area contributed by atoms with Gasteiger partial charge in [0.15, 0.2) is 0 Å². The van der Waals surface area contributed by atoms with Crippen LogP contribution in [0.5, 0.6) is 0 Å². The first kappa shape index (κ1) is 15.0. The van der Waals surface area contributed by atoms with Crippen molar-refractivity contribution >= 4 is 5.91 Å². The number of likely N-dealkylation sites (N-methyl/N-ethyl adjacent to an activating group) is 1. The van der Waals surface area contributed by atoms with Crippen LogP contribution in [0.15, 0.2) is 12.4 Å². The van der Waals surface area contributed by atoms with E-state index in [4.69, 9.17) is 0 Å². The lowest BCUT2D eigenvalue weighted by atomic mass is 9.99. The highest BCUT2D eigenvalue weighted by Crippen LogP contribution is 2.19. The summed E-state index contributed by atoms with van der Waals surface area (Å²) < 4.78 is 1.76. The summed E-state index contributed by atoms with van der Waals surface area (Å²) in [4.78, 5) is 16.8. The fourth-order valence-corrected chi connectivity index (χ4v) is 2.73. The number of carbonyl (C=O) groups excluding carboxylic acids is 1. The van der Waals surface area contributed by atoms with Gasteiger partial charge in [0.2, 0.25) is 5.91 Å². The van der Waals surface area contributed by atoms with Gasteiger partial charge in [-0.25, -0.2) is 0 Å². The molecule has 0 bridgehead atoms. The highest BCUT2D eigenvalue weighted by atomic mass is 16.2. The molecule has 0 aliphatic carbocycles. The van der Waals surface area contributed by atoms with Crippen LogP contribution in [0.4, 0.5) is 0 Å². The van der Waals surface area contributed by atoms with Crippen LogP contribution in [0.25, 0.3) is 0 Å². The molecule has 2 heterocycles. The van der Waals surface area contributed by atoms with E-state index < -0.39 is 5.54 Å². The Morgan fingerprint density at radius 1 is 1.45 bits per heavy atom. The number of hydrogen-bond donors (Lipinski definition) is 1. The molecular formula is C14H25N5O. The predicted octanol–water partition coefficient (Wildman–Crippen LogP) is 0.0623. The number of piperazine rings is 1. The third-order valence-electron chi connectivity index (χ3n) is 3.96. The molecule has 0 saturated carbocycles. The Bertz CT molecular complexity index is 462. The van der Waals surface area contributed by atoms with E-state index in [9.17, 15) is 4.79 Å². The molecule has 0 radical (unpaired) electrons. The third-order valence-corrected chi connectivity index (χ3v) is 3.96. The van der Waals surface area contributed by atoms with Gasteiger partial charge in [0.25, 0.3) is 0 Å². The Kier molecular flexibility index (Phi) is 4.45. The quantitative estimate of drug-likeness (QED) is 0.847. The van der Waals surface area contributed by atoms with Crippen molar-refractivity contribution in [1.82, 2.24) is 24.9 Å². The largest absolute Gasteiger partial charge is 0.340 e. The number of nitrogens with zero attached hydrogens (tertiary/aromatic N) is 4. The summed E-state index contributed by atoms with van der Waals surface area (Å²) in [6, 6.07) is 0. The average molecular weight is 279 g/mol. The number of hydrogen-bond acceptors (Lipinski definition) is 4. The van der Waals surface area contributed by atoms with Crippen molar-refractivity contribution in [3.63, 3.8) is 0 Å². The summed E-state index contributed by atoms with van der Waals surface area (Å²) in [6.45, 7) is 8.36. The maximum atomic E-state index is 12.7. The Labute approximate surface area is 120 Å². The van der Waals surface area contributed by atoms with Crippen LogP contribution in [0.1, 0.15) is 19.4 Å². The maximum Gasteiger partial charge on any atom is 0.242 e. The lowest BCUT2D eigenvalue weighted by Gasteiger charge is -2.41. The van der Waals surface area contributed by atoms with Gasteiger partial charge in [-0.2, -0.15) is 5.10 Å². The molecule has 112 valence electrons. The minimum absolute atomic E-state index is 0.156. The van der Waals surface area contributed by atoms with Crippen molar-refractivity contribution in [1.29, 1.82) is 0 Å². The maximum absolute atomic E-state index is 12.7. The van der Waals surface area contributed by atoms with Gasteiger partial charge in [0.05, 0.1) is 11.7 Å². The molecule has 2 rings (SSSR count). The van der Waals surface area contributed by atoms with E-state index in [0.717, 1.165) is 31.7 Å². The minimum atomic E-state index is -0.459. The fraction of sp³-hybridized carbons (Fsp3) is 0.714. The van der Waals surface area contributed by atoms with E-state index in [0.29, 0.717) is 6.54 Å². The van der Waals surface area contributed by atoms with Gasteiger partial charge in [0, 0.05) is 58.6 Å². The molecule has 1 N–H and O–H groups in total. The first-order valence-electron chi connectivity index (χ1n) is 7.10. The zero-order valence-electron chi connectivity index (χ0n) is 12.9. The van der Waals surface area contributed by atoms with Gasteiger partial charge < -0.3 is 10.2 Å². The highest BCUT2D eigenvalue weighted by Gasteiger charge is 2.37. The van der Waals surface area contributed by atoms with E-state index in [2.05, 4.69) is 15.3 Å². The molecule has 1 aliphatic rings. The number of aromatic nitrogens is 2. The summed E-state index contributed by atoms with van der Waals surface area (Å²) in [5, 5.41) is 7.46. The van der Waals surface area contributed by atoms with Crippen LogP contribution in [0.2, 0.25) is 0 Å². The van der Waals surface area contributed by atoms with Gasteiger partial charge in [-0.1, -0.05) is 0 Å². The Morgan fingerprint density at radius 2 is 2.10 bits per heavy atom. The van der Waals surface area contributed by atoms with Crippen LogP contribution >= 0.6 is 0 Å². The lowest BCUT2D eigenvalue weighted by Crippen LogP contribution is -2.60. The first-order chi connectivity index (χ1) is 9.41. The van der Waals surface area contributed by atoms with Gasteiger partial charge in [-0.15, -0.1) is 0 Å². The van der Waals surface area contributed by atoms with E-state index in [1.165, 1.54) is 0 Å². The van der Waals surface area contributed by atoms with E-state index >= 15 is 0 Å². The van der Waals surface area contributed by atoms with Crippen LogP contribution in [-0.4, -0.2) is 64.3 Å². The highest BCUT2D eigenvalue weighted by molar-refractivity contribution is 5.85. The standard InChI is InChI=1S/C14H25N5O/c1-14(2,19-7-5-15-6-8-19)13(20)17(3)10-12-9-16-18(4)11-12/h9,11,15H,5-8,10H2,1-4H3. The zero-order chi connectivity index (χ0) is 14.8. The zero-order valence-corrected chi connectivity index (χ0v) is 12.9. The Morgan fingerprint density at radius 3 is 2.65 bits per heavy atom. The second-order valence-electron chi connectivity index (χ2n) is 5.98. The Balaban J connectivity index is 2.00. The van der Waals surface area contributed by atoms with Crippen molar-refractivity contribution in [3.05, 3.63) is 18.0 Å². The van der Waals surface area contributed by atoms with Gasteiger partial charge in [-0.3, -0.25) is 14.4 Å². The van der Waals surface area contributed by atoms with Crippen LogP contribution in [-0.2, 0) is 18.4 Å². The van der Waals surface area contributed by atoms with Gasteiger partial charge in [0.1, 0.15) is 0 Å². The van der Waals surface area contributed by atoms with Crippen molar-refractivity contribution in [2.75, 3.05) is 33.2 Å². The molecule has 1 aliphatic heterocycles. The molecule has 6 heteroatoms. The number of rotatable bonds is 4. The SMILES string of the molecule is CN(Cc1cnn(C)c1)C(=O)C(C)(C)N1CCNCC1. The van der Waals surface area contributed by atoms with Gasteiger partial charge in [-0.05, 0) is 13.8 Å². The number of nitrogens with one attached hydrogen (secondary N) is 1. The van der Waals surface area contributed by atoms with Crippen LogP contribution in [0.3, 0.4) is 0 Å². The second-order valence-corrected chi connectivity index (χ2v) is 5.98. The summed E-state index contributed by atoms with van der Waals surface area (Å²) in [7, 11) is 3.75. The summed E-state index contributed by atoms with van der Waals surface area (Å²) in [5.74, 6) is 0.156. The van der Waals surface area contributed by atoms with Gasteiger partial charge >= 0.3 is 0 Å². The van der Waals surface area contributed by atoms with Crippen molar-refractivity contribution in [2.45, 2.75) is 25.9 Å². The molecule has 0 unspecified atom stereocenters. The molecule has 0 aromatic carbocycles. The number of carbonyl (C=O) groups is 1. The number of aryl methyl sites for hydroxylation is 1. The van der Waals surface area contributed by atoms with Crippen molar-refractivity contribution in [2.24, 2.45) is 7.05 Å². The topological polar surface area (TPSA) is 53.4 Å². The molecule has 1 saturated heterocycles. The summed E-state index contributed by atoms with van der Waals surface area (Å²) >= 11 is 0. The molecule has 1 aromatic rings. The number of amides is 1. The van der Waals surface area contributed by atoms with Crippen molar-refractivity contribution in [3.8, 4) is 0 Å². The smallest absolute Gasteiger partial charge is 0.242 e. The monoisotopic (exact) mass is 279 g/mol.